The van der Waals surface area contributed by atoms with Crippen molar-refractivity contribution in [3.05, 3.63) is 71.2 Å². The Morgan fingerprint density at radius 1 is 0.960 bits per heavy atom. The topological polar surface area (TPSA) is 61.2 Å². The van der Waals surface area contributed by atoms with E-state index in [4.69, 9.17) is 4.74 Å². The largest absolute Gasteiger partial charge is 0.486 e. The van der Waals surface area contributed by atoms with E-state index < -0.39 is 11.6 Å². The summed E-state index contributed by atoms with van der Waals surface area (Å²) in [5.41, 5.74) is 3.13. The van der Waals surface area contributed by atoms with Crippen LogP contribution in [0.15, 0.2) is 48.5 Å². The second-order valence-corrected chi connectivity index (χ2v) is 6.09. The Morgan fingerprint density at radius 2 is 1.64 bits per heavy atom. The van der Waals surface area contributed by atoms with Gasteiger partial charge in [-0.1, -0.05) is 42.0 Å². The molecule has 0 bridgehead atoms. The smallest absolute Gasteiger partial charge is 0.252 e. The van der Waals surface area contributed by atoms with Gasteiger partial charge in [-0.05, 0) is 19.1 Å². The molecular formula is C20H16N2O3. The van der Waals surface area contributed by atoms with Gasteiger partial charge in [0.25, 0.3) is 5.78 Å². The molecule has 1 aromatic heterocycles. The third-order valence-corrected chi connectivity index (χ3v) is 4.42. The first kappa shape index (κ1) is 15.3. The third-order valence-electron chi connectivity index (χ3n) is 4.42. The summed E-state index contributed by atoms with van der Waals surface area (Å²) in [6.45, 7) is 2.23. The highest BCUT2D eigenvalue weighted by atomic mass is 16.5. The molecule has 0 atom stereocenters. The molecule has 124 valence electrons. The minimum atomic E-state index is -0.523. The number of fused-ring (bicyclic) bond motifs is 3. The lowest BCUT2D eigenvalue weighted by molar-refractivity contribution is 0.0810. The van der Waals surface area contributed by atoms with Crippen molar-refractivity contribution in [2.45, 2.75) is 13.5 Å². The Hall–Kier alpha value is -3.21. The van der Waals surface area contributed by atoms with Crippen molar-refractivity contribution < 1.29 is 14.3 Å². The van der Waals surface area contributed by atoms with Gasteiger partial charge >= 0.3 is 0 Å². The van der Waals surface area contributed by atoms with Gasteiger partial charge in [-0.3, -0.25) is 9.59 Å². The number of aryl methyl sites for hydroxylation is 1. The molecule has 0 radical (unpaired) electrons. The number of hydrogen-bond acceptors (Lipinski definition) is 4. The first-order chi connectivity index (χ1) is 12.1. The monoisotopic (exact) mass is 332 g/mol. The van der Waals surface area contributed by atoms with E-state index in [9.17, 15) is 9.59 Å². The maximum Gasteiger partial charge on any atom is 0.252 e. The van der Waals surface area contributed by atoms with Crippen molar-refractivity contribution in [2.75, 3.05) is 0 Å². The maximum absolute atomic E-state index is 12.5. The maximum atomic E-state index is 12.5. The number of rotatable bonds is 3. The first-order valence-electron chi connectivity index (χ1n) is 7.99. The highest BCUT2D eigenvalue weighted by molar-refractivity contribution is 6.52. The van der Waals surface area contributed by atoms with Crippen LogP contribution in [0.4, 0.5) is 0 Å². The Morgan fingerprint density at radius 3 is 2.36 bits per heavy atom. The second-order valence-electron chi connectivity index (χ2n) is 6.09. The number of aromatic nitrogens is 2. The zero-order chi connectivity index (χ0) is 17.6. The average Bonchev–Trinajstić information content (AvgIpc) is 2.96. The van der Waals surface area contributed by atoms with E-state index in [0.29, 0.717) is 28.3 Å². The van der Waals surface area contributed by atoms with Crippen LogP contribution >= 0.6 is 0 Å². The fraction of sp³-hybridized carbons (Fsp3) is 0.150. The van der Waals surface area contributed by atoms with Crippen LogP contribution in [0.5, 0.6) is 5.75 Å². The number of carbonyl (C=O) groups excluding carboxylic acids is 2. The summed E-state index contributed by atoms with van der Waals surface area (Å²) in [5, 5.41) is 0. The highest BCUT2D eigenvalue weighted by Crippen LogP contribution is 2.33. The van der Waals surface area contributed by atoms with Gasteiger partial charge in [0.2, 0.25) is 5.78 Å². The number of ether oxygens (including phenoxy) is 1. The zero-order valence-electron chi connectivity index (χ0n) is 13.9. The number of benzene rings is 2. The molecule has 0 saturated heterocycles. The van der Waals surface area contributed by atoms with Crippen molar-refractivity contribution in [1.29, 1.82) is 0 Å². The van der Waals surface area contributed by atoms with Gasteiger partial charge in [-0.15, -0.1) is 0 Å². The number of imidazole rings is 1. The summed E-state index contributed by atoms with van der Waals surface area (Å²) in [6.07, 6.45) is 0. The molecule has 3 aromatic rings. The van der Waals surface area contributed by atoms with Crippen LogP contribution in [0.1, 0.15) is 32.2 Å². The lowest BCUT2D eigenvalue weighted by atomic mass is 9.90. The van der Waals surface area contributed by atoms with Crippen molar-refractivity contribution in [1.82, 2.24) is 9.55 Å². The average molecular weight is 332 g/mol. The standard InChI is InChI=1S/C20H16N2O3/c1-12-7-9-13(10-8-12)25-11-16-21-17-14-5-3-4-6-15(14)19(23)20(24)18(17)22(16)2/h3-10H,11H2,1-2H3. The normalized spacial score (nSPS) is 12.7. The number of nitrogens with zero attached hydrogens (tertiary/aromatic N) is 2. The van der Waals surface area contributed by atoms with Crippen molar-refractivity contribution in [2.24, 2.45) is 7.05 Å². The molecule has 2 aromatic carbocycles. The molecule has 0 aliphatic heterocycles. The van der Waals surface area contributed by atoms with Crippen molar-refractivity contribution in [3.63, 3.8) is 0 Å². The van der Waals surface area contributed by atoms with Crippen molar-refractivity contribution in [3.8, 4) is 17.0 Å². The van der Waals surface area contributed by atoms with Gasteiger partial charge in [0.1, 0.15) is 29.6 Å². The molecule has 0 spiro atoms. The summed E-state index contributed by atoms with van der Waals surface area (Å²) in [5.74, 6) is 0.320. The molecule has 0 saturated carbocycles. The number of hydrogen-bond donors (Lipinski definition) is 0. The fourth-order valence-electron chi connectivity index (χ4n) is 3.02. The SMILES string of the molecule is Cc1ccc(OCc2nc3c(n2C)C(=O)C(=O)c2ccccc2-3)cc1. The number of Topliss-reactive ketones (excluding diaryl/α,β-unsaturated/α-hetero) is 2. The van der Waals surface area contributed by atoms with Crippen LogP contribution in [0, 0.1) is 6.92 Å². The lowest BCUT2D eigenvalue weighted by Crippen LogP contribution is -2.23. The molecule has 0 fully saturated rings. The molecular weight excluding hydrogens is 316 g/mol. The Bertz CT molecular complexity index is 1000. The van der Waals surface area contributed by atoms with Gasteiger partial charge in [0.05, 0.1) is 0 Å². The van der Waals surface area contributed by atoms with E-state index in [2.05, 4.69) is 4.98 Å². The van der Waals surface area contributed by atoms with Gasteiger partial charge in [-0.25, -0.2) is 4.98 Å². The molecule has 1 aliphatic carbocycles. The van der Waals surface area contributed by atoms with Crippen LogP contribution in [-0.4, -0.2) is 21.1 Å². The van der Waals surface area contributed by atoms with Gasteiger partial charge < -0.3 is 9.30 Å². The fourth-order valence-corrected chi connectivity index (χ4v) is 3.02. The Labute approximate surface area is 144 Å². The highest BCUT2D eigenvalue weighted by Gasteiger charge is 2.35. The van der Waals surface area contributed by atoms with Crippen LogP contribution in [0.3, 0.4) is 0 Å². The van der Waals surface area contributed by atoms with Crippen LogP contribution in [-0.2, 0) is 13.7 Å². The zero-order valence-corrected chi connectivity index (χ0v) is 13.9. The predicted molar refractivity (Wildman–Crippen MR) is 92.8 cm³/mol. The minimum Gasteiger partial charge on any atom is -0.486 e. The molecule has 5 heteroatoms. The lowest BCUT2D eigenvalue weighted by Gasteiger charge is -2.14. The van der Waals surface area contributed by atoms with E-state index in [-0.39, 0.29) is 6.61 Å². The number of ketones is 2. The van der Waals surface area contributed by atoms with Crippen LogP contribution in [0.2, 0.25) is 0 Å². The molecule has 4 rings (SSSR count). The summed E-state index contributed by atoms with van der Waals surface area (Å²) in [7, 11) is 1.73. The minimum absolute atomic E-state index is 0.218. The van der Waals surface area contributed by atoms with Gasteiger partial charge in [0.15, 0.2) is 0 Å². The summed E-state index contributed by atoms with van der Waals surface area (Å²) < 4.78 is 7.43. The summed E-state index contributed by atoms with van der Waals surface area (Å²) >= 11 is 0. The van der Waals surface area contributed by atoms with E-state index >= 15 is 0 Å². The van der Waals surface area contributed by atoms with E-state index in [0.717, 1.165) is 11.3 Å². The molecule has 0 N–H and O–H groups in total. The molecule has 1 aliphatic rings. The quantitative estimate of drug-likeness (QED) is 0.690. The summed E-state index contributed by atoms with van der Waals surface area (Å²) in [4.78, 5) is 29.4. The Balaban J connectivity index is 1.71. The van der Waals surface area contributed by atoms with Crippen LogP contribution < -0.4 is 4.74 Å². The van der Waals surface area contributed by atoms with Gasteiger partial charge in [-0.2, -0.15) is 0 Å². The third kappa shape index (κ3) is 2.45. The molecule has 25 heavy (non-hydrogen) atoms. The van der Waals surface area contributed by atoms with E-state index in [1.165, 1.54) is 0 Å². The van der Waals surface area contributed by atoms with Crippen LogP contribution in [0.25, 0.3) is 11.3 Å². The van der Waals surface area contributed by atoms with Crippen molar-refractivity contribution >= 4 is 11.6 Å². The predicted octanol–water partition coefficient (Wildman–Crippen LogP) is 3.35. The van der Waals surface area contributed by atoms with E-state index in [1.54, 1.807) is 23.7 Å². The first-order valence-corrected chi connectivity index (χ1v) is 7.99. The molecule has 0 amide bonds. The van der Waals surface area contributed by atoms with E-state index in [1.807, 2.05) is 43.3 Å². The summed E-state index contributed by atoms with van der Waals surface area (Å²) in [6, 6.07) is 14.8. The second kappa shape index (κ2) is 5.70. The molecule has 5 nitrogen and oxygen atoms in total. The molecule has 1 heterocycles. The Kier molecular flexibility index (Phi) is 3.50. The van der Waals surface area contributed by atoms with Gasteiger partial charge in [0, 0.05) is 18.2 Å². The number of carbonyl (C=O) groups is 2. The molecule has 0 unspecified atom stereocenters.